The third-order valence-electron chi connectivity index (χ3n) is 7.36. The molecule has 4 unspecified atom stereocenters. The van der Waals surface area contributed by atoms with Crippen molar-refractivity contribution < 1.29 is 19.3 Å². The Hall–Kier alpha value is -4.59. The third kappa shape index (κ3) is 3.11. The number of imide groups is 1. The number of carbonyl (C=O) groups excluding carboxylic acids is 3. The van der Waals surface area contributed by atoms with E-state index in [1.807, 2.05) is 49.4 Å². The number of amides is 2. The molecule has 3 aromatic carbocycles. The molecule has 8 heteroatoms. The predicted molar refractivity (Wildman–Crippen MR) is 132 cm³/mol. The highest BCUT2D eigenvalue weighted by Crippen LogP contribution is 2.53. The van der Waals surface area contributed by atoms with Gasteiger partial charge in [0.15, 0.2) is 5.78 Å². The van der Waals surface area contributed by atoms with Crippen molar-refractivity contribution in [2.45, 2.75) is 19.0 Å². The number of fused-ring (bicyclic) bond motifs is 5. The highest BCUT2D eigenvalue weighted by atomic mass is 16.6. The van der Waals surface area contributed by atoms with Crippen molar-refractivity contribution in [2.75, 3.05) is 4.90 Å². The maximum atomic E-state index is 13.9. The van der Waals surface area contributed by atoms with Crippen molar-refractivity contribution >= 4 is 35.0 Å². The monoisotopic (exact) mass is 479 g/mol. The molecule has 2 fully saturated rings. The van der Waals surface area contributed by atoms with Gasteiger partial charge in [-0.15, -0.1) is 0 Å². The van der Waals surface area contributed by atoms with Crippen molar-refractivity contribution in [1.82, 2.24) is 4.90 Å². The van der Waals surface area contributed by atoms with Gasteiger partial charge in [-0.1, -0.05) is 54.1 Å². The average molecular weight is 479 g/mol. The number of ketones is 1. The fourth-order valence-corrected chi connectivity index (χ4v) is 5.75. The minimum Gasteiger partial charge on any atom is -0.358 e. The molecule has 178 valence electrons. The van der Waals surface area contributed by atoms with Crippen LogP contribution in [0.1, 0.15) is 33.1 Å². The number of nitro groups is 1. The highest BCUT2D eigenvalue weighted by Gasteiger charge is 2.64. The van der Waals surface area contributed by atoms with Gasteiger partial charge in [0.2, 0.25) is 11.8 Å². The normalized spacial score (nSPS) is 23.9. The Bertz CT molecular complexity index is 1480. The minimum atomic E-state index is -0.974. The second-order valence-electron chi connectivity index (χ2n) is 9.35. The molecule has 0 saturated carbocycles. The summed E-state index contributed by atoms with van der Waals surface area (Å²) in [4.78, 5) is 55.4. The molecular weight excluding hydrogens is 458 g/mol. The molecule has 2 saturated heterocycles. The van der Waals surface area contributed by atoms with Crippen LogP contribution in [0.5, 0.6) is 0 Å². The fraction of sp³-hybridized carbons (Fsp3) is 0.179. The number of hydrogen-bond donors (Lipinski definition) is 0. The molecule has 4 atom stereocenters. The summed E-state index contributed by atoms with van der Waals surface area (Å²) >= 11 is 0. The molecule has 0 aromatic heterocycles. The Morgan fingerprint density at radius 1 is 0.917 bits per heavy atom. The summed E-state index contributed by atoms with van der Waals surface area (Å²) in [6.07, 6.45) is 3.63. The van der Waals surface area contributed by atoms with Crippen molar-refractivity contribution in [2.24, 2.45) is 11.8 Å². The summed E-state index contributed by atoms with van der Waals surface area (Å²) in [7, 11) is 0. The van der Waals surface area contributed by atoms with Crippen LogP contribution in [0.15, 0.2) is 79.0 Å². The average Bonchev–Trinajstić information content (AvgIpc) is 3.37. The zero-order valence-electron chi connectivity index (χ0n) is 19.3. The van der Waals surface area contributed by atoms with E-state index in [-0.39, 0.29) is 17.2 Å². The highest BCUT2D eigenvalue weighted by molar-refractivity contribution is 6.24. The zero-order chi connectivity index (χ0) is 25.1. The molecule has 3 aliphatic rings. The van der Waals surface area contributed by atoms with Crippen LogP contribution in [0.2, 0.25) is 0 Å². The summed E-state index contributed by atoms with van der Waals surface area (Å²) in [5, 5.41) is 11.3. The van der Waals surface area contributed by atoms with Gasteiger partial charge in [-0.05, 0) is 36.3 Å². The molecule has 3 aliphatic heterocycles. The van der Waals surface area contributed by atoms with Gasteiger partial charge >= 0.3 is 0 Å². The molecule has 0 aliphatic carbocycles. The fourth-order valence-electron chi connectivity index (χ4n) is 5.75. The van der Waals surface area contributed by atoms with Crippen LogP contribution in [0.3, 0.4) is 0 Å². The molecule has 6 rings (SSSR count). The van der Waals surface area contributed by atoms with Gasteiger partial charge in [-0.3, -0.25) is 24.5 Å². The molecule has 3 aromatic rings. The van der Waals surface area contributed by atoms with E-state index in [4.69, 9.17) is 0 Å². The maximum Gasteiger partial charge on any atom is 0.270 e. The Morgan fingerprint density at radius 3 is 2.39 bits per heavy atom. The quantitative estimate of drug-likeness (QED) is 0.239. The van der Waals surface area contributed by atoms with E-state index in [9.17, 15) is 24.5 Å². The topological polar surface area (TPSA) is 101 Å². The lowest BCUT2D eigenvalue weighted by Gasteiger charge is -2.35. The largest absolute Gasteiger partial charge is 0.358 e. The molecule has 0 spiro atoms. The molecule has 0 N–H and O–H groups in total. The lowest BCUT2D eigenvalue weighted by molar-refractivity contribution is -0.384. The molecule has 36 heavy (non-hydrogen) atoms. The zero-order valence-corrected chi connectivity index (χ0v) is 19.3. The molecule has 0 radical (unpaired) electrons. The number of benzene rings is 3. The van der Waals surface area contributed by atoms with Crippen molar-refractivity contribution in [1.29, 1.82) is 0 Å². The maximum absolute atomic E-state index is 13.9. The van der Waals surface area contributed by atoms with E-state index >= 15 is 0 Å². The summed E-state index contributed by atoms with van der Waals surface area (Å²) in [6.45, 7) is 1.92. The first-order valence-corrected chi connectivity index (χ1v) is 11.6. The molecule has 2 amide bonds. The van der Waals surface area contributed by atoms with Crippen LogP contribution in [-0.4, -0.2) is 33.5 Å². The third-order valence-corrected chi connectivity index (χ3v) is 7.36. The van der Waals surface area contributed by atoms with E-state index in [0.717, 1.165) is 16.7 Å². The predicted octanol–water partition coefficient (Wildman–Crippen LogP) is 4.30. The second kappa shape index (κ2) is 7.98. The van der Waals surface area contributed by atoms with Crippen molar-refractivity contribution in [3.05, 3.63) is 111 Å². The van der Waals surface area contributed by atoms with Crippen LogP contribution < -0.4 is 4.90 Å². The SMILES string of the molecule is Cc1ccc(N2C(=O)C3C(C2=O)C2c4ccccc4C=CN2C3C(=O)c2cccc([N+](=O)[O-])c2)cc1. The van der Waals surface area contributed by atoms with Gasteiger partial charge in [0.05, 0.1) is 28.5 Å². The molecule has 3 heterocycles. The number of anilines is 1. The lowest BCUT2D eigenvalue weighted by atomic mass is 9.83. The van der Waals surface area contributed by atoms with Gasteiger partial charge in [0.1, 0.15) is 6.04 Å². The Balaban J connectivity index is 1.49. The van der Waals surface area contributed by atoms with Crippen LogP contribution in [-0.2, 0) is 9.59 Å². The van der Waals surface area contributed by atoms with E-state index in [1.165, 1.54) is 29.2 Å². The van der Waals surface area contributed by atoms with Crippen molar-refractivity contribution in [3.63, 3.8) is 0 Å². The van der Waals surface area contributed by atoms with Gasteiger partial charge in [0.25, 0.3) is 5.69 Å². The number of hydrogen-bond acceptors (Lipinski definition) is 6. The van der Waals surface area contributed by atoms with Crippen LogP contribution >= 0.6 is 0 Å². The first-order chi connectivity index (χ1) is 17.4. The smallest absolute Gasteiger partial charge is 0.270 e. The van der Waals surface area contributed by atoms with E-state index in [2.05, 4.69) is 0 Å². The van der Waals surface area contributed by atoms with Gasteiger partial charge in [-0.2, -0.15) is 0 Å². The van der Waals surface area contributed by atoms with E-state index in [1.54, 1.807) is 23.2 Å². The number of nitro benzene ring substituents is 1. The summed E-state index contributed by atoms with van der Waals surface area (Å²) in [6, 6.07) is 18.8. The first kappa shape index (κ1) is 21.9. The first-order valence-electron chi connectivity index (χ1n) is 11.6. The molecular formula is C28H21N3O5. The number of rotatable bonds is 4. The Kier molecular flexibility index (Phi) is 4.86. The van der Waals surface area contributed by atoms with E-state index in [0.29, 0.717) is 5.69 Å². The Morgan fingerprint density at radius 2 is 1.64 bits per heavy atom. The van der Waals surface area contributed by atoms with Gasteiger partial charge in [0, 0.05) is 23.9 Å². The number of aryl methyl sites for hydroxylation is 1. The Labute approximate surface area is 206 Å². The summed E-state index contributed by atoms with van der Waals surface area (Å²) < 4.78 is 0. The van der Waals surface area contributed by atoms with Crippen LogP contribution in [0, 0.1) is 28.9 Å². The minimum absolute atomic E-state index is 0.134. The second-order valence-corrected chi connectivity index (χ2v) is 9.35. The number of non-ortho nitro benzene ring substituents is 1. The van der Waals surface area contributed by atoms with Gasteiger partial charge in [-0.25, -0.2) is 4.90 Å². The summed E-state index contributed by atoms with van der Waals surface area (Å²) in [5.41, 5.74) is 3.19. The van der Waals surface area contributed by atoms with E-state index < -0.39 is 40.5 Å². The summed E-state index contributed by atoms with van der Waals surface area (Å²) in [5.74, 6) is -2.89. The number of nitrogens with zero attached hydrogens (tertiary/aromatic N) is 3. The lowest BCUT2D eigenvalue weighted by Crippen LogP contribution is -2.44. The number of Topliss-reactive ketones (excluding diaryl/α,β-unsaturated/α-hetero) is 1. The standard InChI is InChI=1S/C28H21N3O5/c1-16-9-11-19(12-10-16)30-27(33)22-23(28(30)34)25(26(32)18-6-4-7-20(15-18)31(35)36)29-14-13-17-5-2-3-8-21(17)24(22)29/h2-15,22-25H,1H3. The van der Waals surface area contributed by atoms with Crippen molar-refractivity contribution in [3.8, 4) is 0 Å². The van der Waals surface area contributed by atoms with Crippen LogP contribution in [0.25, 0.3) is 6.08 Å². The van der Waals surface area contributed by atoms with Gasteiger partial charge < -0.3 is 4.90 Å². The van der Waals surface area contributed by atoms with Crippen LogP contribution in [0.4, 0.5) is 11.4 Å². The number of carbonyl (C=O) groups is 3. The molecule has 0 bridgehead atoms. The molecule has 8 nitrogen and oxygen atoms in total.